The Bertz CT molecular complexity index is 296. The van der Waals surface area contributed by atoms with Crippen LogP contribution in [-0.4, -0.2) is 42.5 Å². The number of carbonyl (C=O) groups is 1. The minimum atomic E-state index is -0.212. The van der Waals surface area contributed by atoms with Crippen LogP contribution < -0.4 is 10.6 Å². The van der Waals surface area contributed by atoms with Gasteiger partial charge in [0.1, 0.15) is 0 Å². The number of ether oxygens (including phenoxy) is 1. The highest BCUT2D eigenvalue weighted by atomic mass is 16.5. The lowest BCUT2D eigenvalue weighted by molar-refractivity contribution is 0.0790. The van der Waals surface area contributed by atoms with Crippen LogP contribution in [0.2, 0.25) is 0 Å². The minimum absolute atomic E-state index is 0.0403. The zero-order chi connectivity index (χ0) is 15.2. The number of aliphatic hydroxyl groups is 1. The van der Waals surface area contributed by atoms with Crippen LogP contribution in [0.5, 0.6) is 0 Å². The van der Waals surface area contributed by atoms with E-state index < -0.39 is 0 Å². The van der Waals surface area contributed by atoms with Gasteiger partial charge in [-0.1, -0.05) is 27.7 Å². The predicted octanol–water partition coefficient (Wildman–Crippen LogP) is 2.04. The standard InChI is InChI=1S/C15H30N2O3/c1-5-12(13-7-6-8-20-13)17-14(19)16-11(10-18)9-15(2,3)4/h11-13,18H,5-10H2,1-4H3,(H2,16,17,19). The molecular formula is C15H30N2O3. The van der Waals surface area contributed by atoms with Gasteiger partial charge >= 0.3 is 6.03 Å². The van der Waals surface area contributed by atoms with E-state index in [1.807, 2.05) is 6.92 Å². The number of carbonyl (C=O) groups excluding carboxylic acids is 1. The summed E-state index contributed by atoms with van der Waals surface area (Å²) in [5, 5.41) is 15.2. The number of amides is 2. The van der Waals surface area contributed by atoms with Gasteiger partial charge in [0.05, 0.1) is 24.8 Å². The molecule has 1 fully saturated rings. The van der Waals surface area contributed by atoms with Gasteiger partial charge in [-0.05, 0) is 31.1 Å². The minimum Gasteiger partial charge on any atom is -0.394 e. The molecule has 0 bridgehead atoms. The van der Waals surface area contributed by atoms with E-state index in [0.717, 1.165) is 32.3 Å². The Balaban J connectivity index is 2.43. The second-order valence-electron chi connectivity index (χ2n) is 6.83. The van der Waals surface area contributed by atoms with Crippen molar-refractivity contribution in [3.05, 3.63) is 0 Å². The first-order valence-electron chi connectivity index (χ1n) is 7.65. The van der Waals surface area contributed by atoms with Crippen LogP contribution in [0.1, 0.15) is 53.4 Å². The molecule has 1 heterocycles. The third-order valence-electron chi connectivity index (χ3n) is 3.58. The van der Waals surface area contributed by atoms with Crippen molar-refractivity contribution in [2.45, 2.75) is 71.6 Å². The molecule has 118 valence electrons. The molecule has 3 atom stereocenters. The maximum atomic E-state index is 12.0. The Kier molecular flexibility index (Phi) is 6.76. The molecule has 1 rings (SSSR count). The summed E-state index contributed by atoms with van der Waals surface area (Å²) >= 11 is 0. The van der Waals surface area contributed by atoms with Crippen molar-refractivity contribution in [1.82, 2.24) is 10.6 Å². The lowest BCUT2D eigenvalue weighted by Gasteiger charge is -2.28. The van der Waals surface area contributed by atoms with Crippen LogP contribution in [0.15, 0.2) is 0 Å². The van der Waals surface area contributed by atoms with Gasteiger partial charge in [-0.15, -0.1) is 0 Å². The molecule has 0 aromatic rings. The lowest BCUT2D eigenvalue weighted by Crippen LogP contribution is -2.51. The second kappa shape index (κ2) is 7.84. The van der Waals surface area contributed by atoms with E-state index in [-0.39, 0.29) is 36.2 Å². The molecule has 3 N–H and O–H groups in total. The van der Waals surface area contributed by atoms with Gasteiger partial charge in [0.25, 0.3) is 0 Å². The molecular weight excluding hydrogens is 256 g/mol. The highest BCUT2D eigenvalue weighted by Crippen LogP contribution is 2.21. The average molecular weight is 286 g/mol. The summed E-state index contributed by atoms with van der Waals surface area (Å²) in [5.41, 5.74) is 0.0688. The van der Waals surface area contributed by atoms with Crippen molar-refractivity contribution in [1.29, 1.82) is 0 Å². The van der Waals surface area contributed by atoms with Crippen LogP contribution in [0.3, 0.4) is 0 Å². The molecule has 0 spiro atoms. The number of aliphatic hydroxyl groups excluding tert-OH is 1. The molecule has 0 saturated carbocycles. The molecule has 0 radical (unpaired) electrons. The van der Waals surface area contributed by atoms with Gasteiger partial charge in [0.2, 0.25) is 0 Å². The zero-order valence-corrected chi connectivity index (χ0v) is 13.2. The first kappa shape index (κ1) is 17.2. The third kappa shape index (κ3) is 6.09. The van der Waals surface area contributed by atoms with Crippen molar-refractivity contribution >= 4 is 6.03 Å². The average Bonchev–Trinajstić information content (AvgIpc) is 2.87. The first-order valence-corrected chi connectivity index (χ1v) is 7.65. The van der Waals surface area contributed by atoms with Crippen LogP contribution in [0.4, 0.5) is 4.79 Å². The Morgan fingerprint density at radius 2 is 2.10 bits per heavy atom. The van der Waals surface area contributed by atoms with Crippen molar-refractivity contribution in [3.8, 4) is 0 Å². The van der Waals surface area contributed by atoms with Crippen LogP contribution >= 0.6 is 0 Å². The van der Waals surface area contributed by atoms with Crippen LogP contribution in [0.25, 0.3) is 0 Å². The Labute approximate surface area is 122 Å². The largest absolute Gasteiger partial charge is 0.394 e. The summed E-state index contributed by atoms with van der Waals surface area (Å²) in [7, 11) is 0. The van der Waals surface area contributed by atoms with Crippen molar-refractivity contribution < 1.29 is 14.6 Å². The molecule has 20 heavy (non-hydrogen) atoms. The maximum Gasteiger partial charge on any atom is 0.315 e. The van der Waals surface area contributed by atoms with Gasteiger partial charge < -0.3 is 20.5 Å². The zero-order valence-electron chi connectivity index (χ0n) is 13.2. The van der Waals surface area contributed by atoms with Crippen molar-refractivity contribution in [2.75, 3.05) is 13.2 Å². The predicted molar refractivity (Wildman–Crippen MR) is 79.7 cm³/mol. The fraction of sp³-hybridized carbons (Fsp3) is 0.933. The van der Waals surface area contributed by atoms with Gasteiger partial charge in [-0.3, -0.25) is 0 Å². The monoisotopic (exact) mass is 286 g/mol. The van der Waals surface area contributed by atoms with Crippen molar-refractivity contribution in [2.24, 2.45) is 5.41 Å². The molecule has 5 heteroatoms. The lowest BCUT2D eigenvalue weighted by atomic mass is 9.88. The van der Waals surface area contributed by atoms with E-state index in [0.29, 0.717) is 0 Å². The Morgan fingerprint density at radius 1 is 1.40 bits per heavy atom. The Morgan fingerprint density at radius 3 is 2.55 bits per heavy atom. The summed E-state index contributed by atoms with van der Waals surface area (Å²) in [6, 6.07) is -0.376. The molecule has 1 aliphatic rings. The molecule has 2 amide bonds. The summed E-state index contributed by atoms with van der Waals surface area (Å²) in [5.74, 6) is 0. The number of rotatable bonds is 6. The molecule has 0 aromatic heterocycles. The second-order valence-corrected chi connectivity index (χ2v) is 6.83. The molecule has 0 aliphatic carbocycles. The summed E-state index contributed by atoms with van der Waals surface area (Å²) in [6.07, 6.45) is 3.79. The van der Waals surface area contributed by atoms with Gasteiger partial charge in [-0.2, -0.15) is 0 Å². The number of hydrogen-bond acceptors (Lipinski definition) is 3. The van der Waals surface area contributed by atoms with E-state index in [2.05, 4.69) is 31.4 Å². The van der Waals surface area contributed by atoms with Gasteiger partial charge in [0, 0.05) is 6.61 Å². The summed E-state index contributed by atoms with van der Waals surface area (Å²) in [6.45, 7) is 9.07. The van der Waals surface area contributed by atoms with E-state index in [1.54, 1.807) is 0 Å². The maximum absolute atomic E-state index is 12.0. The first-order chi connectivity index (χ1) is 9.35. The molecule has 5 nitrogen and oxygen atoms in total. The van der Waals surface area contributed by atoms with E-state index >= 15 is 0 Å². The normalized spacial score (nSPS) is 22.4. The SMILES string of the molecule is CCC(NC(=O)NC(CO)CC(C)(C)C)C1CCCO1. The summed E-state index contributed by atoms with van der Waals surface area (Å²) in [4.78, 5) is 12.0. The van der Waals surface area contributed by atoms with Crippen LogP contribution in [-0.2, 0) is 4.74 Å². The highest BCUT2D eigenvalue weighted by molar-refractivity contribution is 5.74. The fourth-order valence-corrected chi connectivity index (χ4v) is 2.67. The summed E-state index contributed by atoms with van der Waals surface area (Å²) < 4.78 is 5.63. The quantitative estimate of drug-likeness (QED) is 0.700. The van der Waals surface area contributed by atoms with Crippen molar-refractivity contribution in [3.63, 3.8) is 0 Å². The van der Waals surface area contributed by atoms with Gasteiger partial charge in [-0.25, -0.2) is 4.79 Å². The van der Waals surface area contributed by atoms with E-state index in [4.69, 9.17) is 4.74 Å². The van der Waals surface area contributed by atoms with Gasteiger partial charge in [0.15, 0.2) is 0 Å². The molecule has 3 unspecified atom stereocenters. The highest BCUT2D eigenvalue weighted by Gasteiger charge is 2.27. The molecule has 1 saturated heterocycles. The van der Waals surface area contributed by atoms with Crippen LogP contribution in [0, 0.1) is 5.41 Å². The Hall–Kier alpha value is -0.810. The molecule has 1 aliphatic heterocycles. The molecule has 0 aromatic carbocycles. The third-order valence-corrected chi connectivity index (χ3v) is 3.58. The number of urea groups is 1. The smallest absolute Gasteiger partial charge is 0.315 e. The topological polar surface area (TPSA) is 70.6 Å². The van der Waals surface area contributed by atoms with E-state index in [1.165, 1.54) is 0 Å². The number of nitrogens with one attached hydrogen (secondary N) is 2. The number of hydrogen-bond donors (Lipinski definition) is 3. The van der Waals surface area contributed by atoms with E-state index in [9.17, 15) is 9.90 Å². The fourth-order valence-electron chi connectivity index (χ4n) is 2.67.